The molecule has 0 unspecified atom stereocenters. The average molecular weight is 525 g/mol. The Balaban J connectivity index is 0.00000320. The molecule has 3 rings (SSSR count). The highest BCUT2D eigenvalue weighted by Gasteiger charge is 2.15. The van der Waals surface area contributed by atoms with Crippen molar-refractivity contribution in [2.24, 2.45) is 4.99 Å². The average Bonchev–Trinajstić information content (AvgIpc) is 3.20. The maximum absolute atomic E-state index is 12.1. The SMILES string of the molecule is CCNC(=NCc1cccc(N2CC=CC2)c1)NCCCN1CCCCCC1=O.I. The highest BCUT2D eigenvalue weighted by Crippen LogP contribution is 2.19. The highest BCUT2D eigenvalue weighted by molar-refractivity contribution is 14.0. The first-order chi connectivity index (χ1) is 14.3. The van der Waals surface area contributed by atoms with E-state index in [4.69, 9.17) is 4.99 Å². The van der Waals surface area contributed by atoms with Gasteiger partial charge in [-0.05, 0) is 43.9 Å². The Morgan fingerprint density at radius 3 is 2.77 bits per heavy atom. The first-order valence-electron chi connectivity index (χ1n) is 11.0. The third-order valence-corrected chi connectivity index (χ3v) is 5.43. The molecule has 1 fully saturated rings. The summed E-state index contributed by atoms with van der Waals surface area (Å²) < 4.78 is 0. The molecular weight excluding hydrogens is 489 g/mol. The summed E-state index contributed by atoms with van der Waals surface area (Å²) in [5, 5.41) is 6.73. The molecule has 2 heterocycles. The van der Waals surface area contributed by atoms with E-state index in [1.54, 1.807) is 0 Å². The lowest BCUT2D eigenvalue weighted by atomic mass is 10.2. The van der Waals surface area contributed by atoms with Gasteiger partial charge in [-0.15, -0.1) is 24.0 Å². The van der Waals surface area contributed by atoms with Crippen LogP contribution in [-0.4, -0.2) is 56.0 Å². The van der Waals surface area contributed by atoms with Crippen molar-refractivity contribution in [3.63, 3.8) is 0 Å². The number of nitrogens with one attached hydrogen (secondary N) is 2. The van der Waals surface area contributed by atoms with Crippen LogP contribution in [-0.2, 0) is 11.3 Å². The minimum absolute atomic E-state index is 0. The van der Waals surface area contributed by atoms with Crippen molar-refractivity contribution in [2.45, 2.75) is 45.6 Å². The van der Waals surface area contributed by atoms with E-state index in [-0.39, 0.29) is 24.0 Å². The van der Waals surface area contributed by atoms with Crippen LogP contribution in [0.2, 0.25) is 0 Å². The molecular formula is C23H36IN5O. The van der Waals surface area contributed by atoms with Crippen LogP contribution in [0.15, 0.2) is 41.4 Å². The maximum Gasteiger partial charge on any atom is 0.222 e. The third-order valence-electron chi connectivity index (χ3n) is 5.43. The summed E-state index contributed by atoms with van der Waals surface area (Å²) in [6.45, 7) is 8.08. The number of aliphatic imine (C=N–C) groups is 1. The second-order valence-electron chi connectivity index (χ2n) is 7.71. The van der Waals surface area contributed by atoms with Crippen molar-refractivity contribution < 1.29 is 4.79 Å². The Hall–Kier alpha value is -1.77. The van der Waals surface area contributed by atoms with Gasteiger partial charge in [0.25, 0.3) is 0 Å². The summed E-state index contributed by atoms with van der Waals surface area (Å²) >= 11 is 0. The predicted octanol–water partition coefficient (Wildman–Crippen LogP) is 3.53. The van der Waals surface area contributed by atoms with Crippen LogP contribution in [0.25, 0.3) is 0 Å². The van der Waals surface area contributed by atoms with Gasteiger partial charge in [-0.2, -0.15) is 0 Å². The van der Waals surface area contributed by atoms with Gasteiger partial charge in [0.2, 0.25) is 5.91 Å². The molecule has 2 N–H and O–H groups in total. The minimum Gasteiger partial charge on any atom is -0.364 e. The van der Waals surface area contributed by atoms with Crippen molar-refractivity contribution in [1.82, 2.24) is 15.5 Å². The van der Waals surface area contributed by atoms with Gasteiger partial charge in [0.05, 0.1) is 6.54 Å². The van der Waals surface area contributed by atoms with Crippen molar-refractivity contribution in [2.75, 3.05) is 44.2 Å². The Morgan fingerprint density at radius 1 is 1.13 bits per heavy atom. The number of amides is 1. The predicted molar refractivity (Wildman–Crippen MR) is 136 cm³/mol. The van der Waals surface area contributed by atoms with Crippen molar-refractivity contribution in [3.8, 4) is 0 Å². The Labute approximate surface area is 198 Å². The van der Waals surface area contributed by atoms with Gasteiger partial charge in [0, 0.05) is 51.4 Å². The summed E-state index contributed by atoms with van der Waals surface area (Å²) in [6, 6.07) is 8.63. The molecule has 6 nitrogen and oxygen atoms in total. The molecule has 7 heteroatoms. The fourth-order valence-corrected chi connectivity index (χ4v) is 3.80. The second kappa shape index (κ2) is 13.5. The van der Waals surface area contributed by atoms with Crippen molar-refractivity contribution >= 4 is 41.5 Å². The van der Waals surface area contributed by atoms with Gasteiger partial charge in [0.1, 0.15) is 0 Å². The number of halogens is 1. The van der Waals surface area contributed by atoms with Gasteiger partial charge in [-0.3, -0.25) is 4.79 Å². The van der Waals surface area contributed by atoms with Crippen LogP contribution in [0.4, 0.5) is 5.69 Å². The number of carbonyl (C=O) groups is 1. The molecule has 2 aliphatic heterocycles. The van der Waals surface area contributed by atoms with Gasteiger partial charge >= 0.3 is 0 Å². The molecule has 0 spiro atoms. The van der Waals surface area contributed by atoms with E-state index in [1.165, 1.54) is 17.7 Å². The number of hydrogen-bond acceptors (Lipinski definition) is 3. The summed E-state index contributed by atoms with van der Waals surface area (Å²) in [5.74, 6) is 1.15. The standard InChI is InChI=1S/C23H35N5O.HI/c1-2-24-23(25-13-9-17-28-16-5-3-4-12-22(28)29)26-19-20-10-8-11-21(18-20)27-14-6-7-15-27;/h6-8,10-11,18H,2-5,9,12-17,19H2,1H3,(H2,24,25,26);1H. The quantitative estimate of drug-likeness (QED) is 0.179. The van der Waals surface area contributed by atoms with Crippen molar-refractivity contribution in [3.05, 3.63) is 42.0 Å². The lowest BCUT2D eigenvalue weighted by molar-refractivity contribution is -0.130. The first-order valence-corrected chi connectivity index (χ1v) is 11.0. The van der Waals surface area contributed by atoms with Crippen molar-refractivity contribution in [1.29, 1.82) is 0 Å². The van der Waals surface area contributed by atoms with E-state index in [1.807, 2.05) is 4.90 Å². The summed E-state index contributed by atoms with van der Waals surface area (Å²) in [7, 11) is 0. The molecule has 2 aliphatic rings. The Kier molecular flexibility index (Phi) is 11.0. The number of likely N-dealkylation sites (tertiary alicyclic amines) is 1. The maximum atomic E-state index is 12.1. The lowest BCUT2D eigenvalue weighted by Crippen LogP contribution is -2.39. The lowest BCUT2D eigenvalue weighted by Gasteiger charge is -2.21. The number of guanidine groups is 1. The zero-order valence-electron chi connectivity index (χ0n) is 18.1. The fraction of sp³-hybridized carbons (Fsp3) is 0.565. The Morgan fingerprint density at radius 2 is 1.97 bits per heavy atom. The van der Waals surface area contributed by atoms with Gasteiger partial charge in [-0.1, -0.05) is 30.7 Å². The van der Waals surface area contributed by atoms with Crippen LogP contribution in [0.1, 0.15) is 44.6 Å². The molecule has 1 aromatic carbocycles. The van der Waals surface area contributed by atoms with E-state index in [9.17, 15) is 4.79 Å². The fourth-order valence-electron chi connectivity index (χ4n) is 3.80. The van der Waals surface area contributed by atoms with Gasteiger partial charge in [0.15, 0.2) is 5.96 Å². The molecule has 0 saturated carbocycles. The molecule has 1 aromatic rings. The van der Waals surface area contributed by atoms with Crippen LogP contribution < -0.4 is 15.5 Å². The number of hydrogen-bond donors (Lipinski definition) is 2. The molecule has 1 saturated heterocycles. The summed E-state index contributed by atoms with van der Waals surface area (Å²) in [5.41, 5.74) is 2.46. The van der Waals surface area contributed by atoms with E-state index >= 15 is 0 Å². The van der Waals surface area contributed by atoms with Gasteiger partial charge in [-0.25, -0.2) is 4.99 Å². The largest absolute Gasteiger partial charge is 0.364 e. The monoisotopic (exact) mass is 525 g/mol. The molecule has 30 heavy (non-hydrogen) atoms. The molecule has 0 atom stereocenters. The molecule has 0 radical (unpaired) electrons. The number of benzene rings is 1. The van der Waals surface area contributed by atoms with E-state index in [0.717, 1.165) is 64.5 Å². The van der Waals surface area contributed by atoms with Crippen LogP contribution >= 0.6 is 24.0 Å². The first kappa shape index (κ1) is 24.5. The van der Waals surface area contributed by atoms with E-state index in [2.05, 4.69) is 58.9 Å². The van der Waals surface area contributed by atoms with Crippen LogP contribution in [0, 0.1) is 0 Å². The molecule has 1 amide bonds. The number of rotatable bonds is 8. The number of anilines is 1. The zero-order chi connectivity index (χ0) is 20.3. The molecule has 0 aromatic heterocycles. The summed E-state index contributed by atoms with van der Waals surface area (Å²) in [4.78, 5) is 21.2. The smallest absolute Gasteiger partial charge is 0.222 e. The second-order valence-corrected chi connectivity index (χ2v) is 7.71. The van der Waals surface area contributed by atoms with Crippen LogP contribution in [0.5, 0.6) is 0 Å². The highest BCUT2D eigenvalue weighted by atomic mass is 127. The van der Waals surface area contributed by atoms with E-state index < -0.39 is 0 Å². The Bertz CT molecular complexity index is 713. The molecule has 166 valence electrons. The zero-order valence-corrected chi connectivity index (χ0v) is 20.4. The van der Waals surface area contributed by atoms with Gasteiger partial charge < -0.3 is 20.4 Å². The topological polar surface area (TPSA) is 60.0 Å². The number of carbonyl (C=O) groups excluding carboxylic acids is 1. The summed E-state index contributed by atoms with van der Waals surface area (Å²) in [6.07, 6.45) is 9.41. The van der Waals surface area contributed by atoms with Crippen LogP contribution in [0.3, 0.4) is 0 Å². The molecule has 0 bridgehead atoms. The third kappa shape index (κ3) is 7.81. The molecule has 0 aliphatic carbocycles. The number of nitrogens with zero attached hydrogens (tertiary/aromatic N) is 3. The minimum atomic E-state index is 0. The normalized spacial score (nSPS) is 17.0. The van der Waals surface area contributed by atoms with E-state index in [0.29, 0.717) is 18.9 Å².